The Bertz CT molecular complexity index is 2000. The number of hydrogen-bond donors (Lipinski definition) is 1. The van der Waals surface area contributed by atoms with Crippen LogP contribution in [0.25, 0.3) is 12.2 Å². The molecule has 0 aliphatic carbocycles. The number of ether oxygens (including phenoxy) is 1. The maximum atomic E-state index is 12.7. The Morgan fingerprint density at radius 1 is 0.660 bits per heavy atom. The molecule has 0 bridgehead atoms. The van der Waals surface area contributed by atoms with Gasteiger partial charge in [-0.15, -0.1) is 0 Å². The molecule has 4 rings (SSSR count). The number of carbonyl (C=O) groups is 2. The van der Waals surface area contributed by atoms with Gasteiger partial charge < -0.3 is 9.84 Å². The van der Waals surface area contributed by atoms with E-state index >= 15 is 0 Å². The van der Waals surface area contributed by atoms with Crippen LogP contribution in [0, 0.1) is 0 Å². The number of carbonyl (C=O) groups excluding carboxylic acids is 1. The minimum absolute atomic E-state index is 0.0717. The number of halogens is 2. The second-order valence-electron chi connectivity index (χ2n) is 9.57. The molecule has 0 aliphatic rings. The van der Waals surface area contributed by atoms with E-state index in [1.807, 2.05) is 0 Å². The van der Waals surface area contributed by atoms with Crippen LogP contribution < -0.4 is 8.61 Å². The molecule has 0 aromatic heterocycles. The number of benzene rings is 4. The summed E-state index contributed by atoms with van der Waals surface area (Å²) in [5.74, 6) is -1.61. The van der Waals surface area contributed by atoms with E-state index in [0.29, 0.717) is 32.5 Å². The molecular weight excluding hydrogens is 687 g/mol. The molecule has 4 aromatic carbocycles. The van der Waals surface area contributed by atoms with Gasteiger partial charge in [-0.05, 0) is 96.1 Å². The third-order valence-corrected chi connectivity index (χ3v) is 10.5. The Morgan fingerprint density at radius 2 is 1.04 bits per heavy atom. The van der Waals surface area contributed by atoms with Crippen molar-refractivity contribution in [3.05, 3.63) is 130 Å². The Balaban J connectivity index is 0.000000256. The van der Waals surface area contributed by atoms with E-state index in [1.165, 1.54) is 68.0 Å². The largest absolute Gasteiger partial charge is 0.478 e. The number of anilines is 2. The molecule has 0 fully saturated rings. The third-order valence-electron chi connectivity index (χ3n) is 6.44. The minimum Gasteiger partial charge on any atom is -0.478 e. The lowest BCUT2D eigenvalue weighted by Crippen LogP contribution is -2.26. The number of sulfonamides is 2. The van der Waals surface area contributed by atoms with Crippen LogP contribution in [0.4, 0.5) is 11.4 Å². The SMILES string of the molecule is CN(c1ccc(Cl)cc1)S(=O)(=O)c1cccc(/C=C/C(=O)O)c1.COC(=O)/C=C/c1cccc(S(=O)(=O)N(C)c2ccc(Cl)cc2)c1. The highest BCUT2D eigenvalue weighted by Gasteiger charge is 2.22. The van der Waals surface area contributed by atoms with Crippen molar-refractivity contribution in [2.45, 2.75) is 9.79 Å². The van der Waals surface area contributed by atoms with Crippen LogP contribution in [0.1, 0.15) is 11.1 Å². The van der Waals surface area contributed by atoms with Crippen molar-refractivity contribution < 1.29 is 36.3 Å². The van der Waals surface area contributed by atoms with Crippen LogP contribution in [0.3, 0.4) is 0 Å². The maximum absolute atomic E-state index is 12.7. The zero-order valence-electron chi connectivity index (χ0n) is 25.3. The van der Waals surface area contributed by atoms with Gasteiger partial charge in [-0.2, -0.15) is 0 Å². The molecule has 0 atom stereocenters. The molecule has 1 N–H and O–H groups in total. The zero-order chi connectivity index (χ0) is 34.8. The molecule has 0 unspecified atom stereocenters. The van der Waals surface area contributed by atoms with Gasteiger partial charge in [0.15, 0.2) is 0 Å². The van der Waals surface area contributed by atoms with E-state index in [2.05, 4.69) is 4.74 Å². The van der Waals surface area contributed by atoms with E-state index in [-0.39, 0.29) is 9.79 Å². The summed E-state index contributed by atoms with van der Waals surface area (Å²) in [6, 6.07) is 25.3. The standard InChI is InChI=1S/C17H16ClNO4S.C16H14ClNO4S/c1-19(15-9-7-14(18)8-10-15)24(21,22)16-5-3-4-13(12-16)6-11-17(20)23-2;1-18(14-8-6-13(17)7-9-14)23(21,22)15-4-2-3-12(11-15)5-10-16(19)20/h3-12H,1-2H3;2-11H,1H3,(H,19,20)/b11-6+;10-5+. The first-order valence-electron chi connectivity index (χ1n) is 13.5. The van der Waals surface area contributed by atoms with Gasteiger partial charge in [0.05, 0.1) is 28.3 Å². The minimum atomic E-state index is -3.76. The number of carboxylic acid groups (broad SMARTS) is 1. The number of methoxy groups -OCH3 is 1. The molecule has 10 nitrogen and oxygen atoms in total. The first-order chi connectivity index (χ1) is 22.1. The molecule has 0 spiro atoms. The first kappa shape index (κ1) is 36.8. The second-order valence-corrected chi connectivity index (χ2v) is 14.4. The molecule has 0 heterocycles. The van der Waals surface area contributed by atoms with E-state index < -0.39 is 32.0 Å². The van der Waals surface area contributed by atoms with Crippen LogP contribution >= 0.6 is 23.2 Å². The smallest absolute Gasteiger partial charge is 0.330 e. The molecule has 0 saturated carbocycles. The lowest BCUT2D eigenvalue weighted by atomic mass is 10.2. The first-order valence-corrected chi connectivity index (χ1v) is 17.1. The number of carboxylic acids is 1. The predicted molar refractivity (Wildman–Crippen MR) is 185 cm³/mol. The molecule has 4 aromatic rings. The fourth-order valence-corrected chi connectivity index (χ4v) is 6.61. The third kappa shape index (κ3) is 10.2. The Morgan fingerprint density at radius 3 is 1.40 bits per heavy atom. The Labute approximate surface area is 283 Å². The highest BCUT2D eigenvalue weighted by molar-refractivity contribution is 7.93. The van der Waals surface area contributed by atoms with Crippen molar-refractivity contribution in [2.24, 2.45) is 0 Å². The summed E-state index contributed by atoms with van der Waals surface area (Å²) >= 11 is 11.6. The van der Waals surface area contributed by atoms with Gasteiger partial charge in [-0.1, -0.05) is 47.5 Å². The number of aliphatic carboxylic acids is 1. The van der Waals surface area contributed by atoms with Crippen molar-refractivity contribution in [1.29, 1.82) is 0 Å². The van der Waals surface area contributed by atoms with Gasteiger partial charge in [0, 0.05) is 36.3 Å². The summed E-state index contributed by atoms with van der Waals surface area (Å²) in [4.78, 5) is 21.9. The van der Waals surface area contributed by atoms with Gasteiger partial charge in [-0.25, -0.2) is 26.4 Å². The van der Waals surface area contributed by atoms with E-state index in [1.54, 1.807) is 72.8 Å². The quantitative estimate of drug-likeness (QED) is 0.143. The van der Waals surface area contributed by atoms with Crippen molar-refractivity contribution in [1.82, 2.24) is 0 Å². The summed E-state index contributed by atoms with van der Waals surface area (Å²) < 4.78 is 57.6. The normalized spacial score (nSPS) is 11.5. The van der Waals surface area contributed by atoms with Crippen molar-refractivity contribution in [3.8, 4) is 0 Å². The van der Waals surface area contributed by atoms with Crippen LogP contribution in [-0.2, 0) is 34.4 Å². The zero-order valence-corrected chi connectivity index (χ0v) is 28.5. The molecule has 0 amide bonds. The van der Waals surface area contributed by atoms with Gasteiger partial charge in [0.2, 0.25) is 0 Å². The van der Waals surface area contributed by atoms with Crippen molar-refractivity contribution in [3.63, 3.8) is 0 Å². The molecule has 0 aliphatic heterocycles. The lowest BCUT2D eigenvalue weighted by molar-refractivity contribution is -0.135. The fourth-order valence-electron chi connectivity index (χ4n) is 3.85. The number of rotatable bonds is 10. The molecule has 0 saturated heterocycles. The topological polar surface area (TPSA) is 138 Å². The summed E-state index contributed by atoms with van der Waals surface area (Å²) in [7, 11) is -3.31. The number of hydrogen-bond acceptors (Lipinski definition) is 7. The van der Waals surface area contributed by atoms with E-state index in [9.17, 15) is 26.4 Å². The number of nitrogens with zero attached hydrogens (tertiary/aromatic N) is 2. The summed E-state index contributed by atoms with van der Waals surface area (Å²) in [6.07, 6.45) is 5.01. The fraction of sp³-hybridized carbons (Fsp3) is 0.0909. The van der Waals surface area contributed by atoms with Crippen molar-refractivity contribution >= 4 is 78.7 Å². The van der Waals surface area contributed by atoms with Crippen LogP contribution in [-0.4, -0.2) is 55.1 Å². The predicted octanol–water partition coefficient (Wildman–Crippen LogP) is 6.61. The highest BCUT2D eigenvalue weighted by Crippen LogP contribution is 2.26. The molecule has 246 valence electrons. The summed E-state index contributed by atoms with van der Waals surface area (Å²) in [5.41, 5.74) is 2.03. The Hall–Kier alpha value is -4.62. The van der Waals surface area contributed by atoms with Gasteiger partial charge in [0.1, 0.15) is 0 Å². The summed E-state index contributed by atoms with van der Waals surface area (Å²) in [5, 5.41) is 9.68. The van der Waals surface area contributed by atoms with Crippen LogP contribution in [0.2, 0.25) is 10.0 Å². The molecular formula is C33H30Cl2N2O8S2. The van der Waals surface area contributed by atoms with Gasteiger partial charge in [0.25, 0.3) is 20.0 Å². The number of esters is 1. The molecule has 47 heavy (non-hydrogen) atoms. The molecule has 0 radical (unpaired) electrons. The average molecular weight is 718 g/mol. The summed E-state index contributed by atoms with van der Waals surface area (Å²) in [6.45, 7) is 0. The van der Waals surface area contributed by atoms with Gasteiger partial charge >= 0.3 is 11.9 Å². The monoisotopic (exact) mass is 716 g/mol. The maximum Gasteiger partial charge on any atom is 0.330 e. The van der Waals surface area contributed by atoms with Crippen LogP contribution in [0.5, 0.6) is 0 Å². The highest BCUT2D eigenvalue weighted by atomic mass is 35.5. The van der Waals surface area contributed by atoms with Gasteiger partial charge in [-0.3, -0.25) is 8.61 Å². The van der Waals surface area contributed by atoms with Crippen LogP contribution in [0.15, 0.2) is 119 Å². The molecule has 14 heteroatoms. The second kappa shape index (κ2) is 16.3. The lowest BCUT2D eigenvalue weighted by Gasteiger charge is -2.19. The Kier molecular flexibility index (Phi) is 12.8. The average Bonchev–Trinajstić information content (AvgIpc) is 3.06. The van der Waals surface area contributed by atoms with Crippen molar-refractivity contribution in [2.75, 3.05) is 29.8 Å². The van der Waals surface area contributed by atoms with E-state index in [4.69, 9.17) is 28.3 Å². The van der Waals surface area contributed by atoms with E-state index in [0.717, 1.165) is 10.4 Å².